The van der Waals surface area contributed by atoms with Crippen molar-refractivity contribution in [2.75, 3.05) is 25.5 Å². The molecule has 2 rings (SSSR count). The van der Waals surface area contributed by atoms with E-state index in [1.165, 1.54) is 26.2 Å². The molecular formula is C17H20N2O3S. The Labute approximate surface area is 137 Å². The minimum Gasteiger partial charge on any atom is -0.309 e. The maximum Gasteiger partial charge on any atom is 0.258 e. The van der Waals surface area contributed by atoms with Gasteiger partial charge in [-0.25, -0.2) is 12.7 Å². The number of rotatable bonds is 5. The lowest BCUT2D eigenvalue weighted by molar-refractivity contribution is 0.0988. The third-order valence-electron chi connectivity index (χ3n) is 3.51. The Hall–Kier alpha value is -2.18. The van der Waals surface area contributed by atoms with Crippen molar-refractivity contribution in [1.82, 2.24) is 4.31 Å². The van der Waals surface area contributed by atoms with E-state index in [-0.39, 0.29) is 10.8 Å². The zero-order chi connectivity index (χ0) is 17.0. The molecule has 5 nitrogen and oxygen atoms in total. The molecule has 0 radical (unpaired) electrons. The average molecular weight is 332 g/mol. The highest BCUT2D eigenvalue weighted by atomic mass is 32.2. The number of benzene rings is 2. The maximum atomic E-state index is 12.6. The molecule has 0 spiro atoms. The molecule has 0 saturated carbocycles. The van der Waals surface area contributed by atoms with Crippen molar-refractivity contribution in [2.45, 2.75) is 11.8 Å². The zero-order valence-corrected chi connectivity index (χ0v) is 14.2. The first-order chi connectivity index (χ1) is 10.9. The van der Waals surface area contributed by atoms with Crippen LogP contribution in [0.2, 0.25) is 0 Å². The quantitative estimate of drug-likeness (QED) is 0.846. The molecule has 0 aromatic heterocycles. The van der Waals surface area contributed by atoms with E-state index in [9.17, 15) is 13.2 Å². The van der Waals surface area contributed by atoms with E-state index in [4.69, 9.17) is 0 Å². The second-order valence-electron chi connectivity index (χ2n) is 5.20. The molecule has 2 aromatic rings. The van der Waals surface area contributed by atoms with Gasteiger partial charge in [-0.1, -0.05) is 18.2 Å². The molecular weight excluding hydrogens is 312 g/mol. The van der Waals surface area contributed by atoms with Crippen molar-refractivity contribution >= 4 is 21.6 Å². The lowest BCUT2D eigenvalue weighted by atomic mass is 10.2. The fraction of sp³-hybridized carbons (Fsp3) is 0.235. The Morgan fingerprint density at radius 1 is 0.957 bits per heavy atom. The number of hydrogen-bond donors (Lipinski definition) is 0. The van der Waals surface area contributed by atoms with Crippen LogP contribution in [-0.4, -0.2) is 39.3 Å². The molecule has 122 valence electrons. The molecule has 1 amide bonds. The first-order valence-electron chi connectivity index (χ1n) is 7.27. The summed E-state index contributed by atoms with van der Waals surface area (Å²) in [6.07, 6.45) is 0. The number of anilines is 1. The SMILES string of the molecule is CCN(C(=O)c1ccc(S(=O)(=O)N(C)C)cc1)c1ccccc1. The third-order valence-corrected chi connectivity index (χ3v) is 5.34. The van der Waals surface area contributed by atoms with Gasteiger partial charge in [-0.2, -0.15) is 0 Å². The lowest BCUT2D eigenvalue weighted by Crippen LogP contribution is -2.30. The van der Waals surface area contributed by atoms with E-state index >= 15 is 0 Å². The molecule has 23 heavy (non-hydrogen) atoms. The molecule has 0 atom stereocenters. The minimum atomic E-state index is -3.49. The Bertz CT molecular complexity index is 769. The summed E-state index contributed by atoms with van der Waals surface area (Å²) in [5.41, 5.74) is 1.26. The van der Waals surface area contributed by atoms with Crippen LogP contribution in [0.25, 0.3) is 0 Å². The molecule has 0 aliphatic heterocycles. The Morgan fingerprint density at radius 3 is 2.00 bits per heavy atom. The predicted molar refractivity (Wildman–Crippen MR) is 91.1 cm³/mol. The number of para-hydroxylation sites is 1. The van der Waals surface area contributed by atoms with Crippen molar-refractivity contribution in [3.05, 3.63) is 60.2 Å². The molecule has 6 heteroatoms. The van der Waals surface area contributed by atoms with E-state index in [0.29, 0.717) is 12.1 Å². The number of carbonyl (C=O) groups excluding carboxylic acids is 1. The van der Waals surface area contributed by atoms with Gasteiger partial charge in [0.15, 0.2) is 0 Å². The normalized spacial score (nSPS) is 11.5. The van der Waals surface area contributed by atoms with Crippen LogP contribution in [0.3, 0.4) is 0 Å². The Kier molecular flexibility index (Phi) is 5.18. The van der Waals surface area contributed by atoms with Crippen LogP contribution in [0.5, 0.6) is 0 Å². The van der Waals surface area contributed by atoms with E-state index in [2.05, 4.69) is 0 Å². The lowest BCUT2D eigenvalue weighted by Gasteiger charge is -2.21. The number of sulfonamides is 1. The summed E-state index contributed by atoms with van der Waals surface area (Å²) in [5, 5.41) is 0. The third kappa shape index (κ3) is 3.60. The molecule has 0 N–H and O–H groups in total. The summed E-state index contributed by atoms with van der Waals surface area (Å²) >= 11 is 0. The highest BCUT2D eigenvalue weighted by molar-refractivity contribution is 7.89. The van der Waals surface area contributed by atoms with Crippen molar-refractivity contribution in [3.63, 3.8) is 0 Å². The molecule has 0 heterocycles. The number of hydrogen-bond acceptors (Lipinski definition) is 3. The Balaban J connectivity index is 2.30. The van der Waals surface area contributed by atoms with Gasteiger partial charge in [0.1, 0.15) is 0 Å². The van der Waals surface area contributed by atoms with Gasteiger partial charge >= 0.3 is 0 Å². The summed E-state index contributed by atoms with van der Waals surface area (Å²) in [7, 11) is -0.539. The highest BCUT2D eigenvalue weighted by Crippen LogP contribution is 2.19. The van der Waals surface area contributed by atoms with Crippen molar-refractivity contribution in [3.8, 4) is 0 Å². The molecule has 0 aliphatic carbocycles. The van der Waals surface area contributed by atoms with E-state index in [0.717, 1.165) is 9.99 Å². The molecule has 0 unspecified atom stereocenters. The molecule has 0 saturated heterocycles. The fourth-order valence-corrected chi connectivity index (χ4v) is 3.09. The summed E-state index contributed by atoms with van der Waals surface area (Å²) in [5.74, 6) is -0.160. The molecule has 2 aromatic carbocycles. The summed E-state index contributed by atoms with van der Waals surface area (Å²) in [6, 6.07) is 15.4. The van der Waals surface area contributed by atoms with Gasteiger partial charge < -0.3 is 4.90 Å². The van der Waals surface area contributed by atoms with Crippen LogP contribution in [0.15, 0.2) is 59.5 Å². The van der Waals surface area contributed by atoms with Crippen molar-refractivity contribution in [2.24, 2.45) is 0 Å². The van der Waals surface area contributed by atoms with Gasteiger partial charge in [-0.15, -0.1) is 0 Å². The standard InChI is InChI=1S/C17H20N2O3S/c1-4-19(15-8-6-5-7-9-15)17(20)14-10-12-16(13-11-14)23(21,22)18(2)3/h5-13H,4H2,1-3H3. The monoisotopic (exact) mass is 332 g/mol. The second kappa shape index (κ2) is 6.93. The molecule has 0 aliphatic rings. The first kappa shape index (κ1) is 17.2. The van der Waals surface area contributed by atoms with Gasteiger partial charge in [0, 0.05) is 31.9 Å². The van der Waals surface area contributed by atoms with Gasteiger partial charge in [-0.05, 0) is 43.3 Å². The van der Waals surface area contributed by atoms with Crippen LogP contribution in [0.1, 0.15) is 17.3 Å². The fourth-order valence-electron chi connectivity index (χ4n) is 2.19. The van der Waals surface area contributed by atoms with Crippen molar-refractivity contribution < 1.29 is 13.2 Å². The van der Waals surface area contributed by atoms with E-state index in [1.807, 2.05) is 37.3 Å². The smallest absolute Gasteiger partial charge is 0.258 e. The second-order valence-corrected chi connectivity index (χ2v) is 7.35. The van der Waals surface area contributed by atoms with Crippen LogP contribution in [-0.2, 0) is 10.0 Å². The van der Waals surface area contributed by atoms with Crippen LogP contribution < -0.4 is 4.90 Å². The van der Waals surface area contributed by atoms with Gasteiger partial charge in [0.2, 0.25) is 10.0 Å². The zero-order valence-electron chi connectivity index (χ0n) is 13.4. The minimum absolute atomic E-state index is 0.160. The van der Waals surface area contributed by atoms with E-state index < -0.39 is 10.0 Å². The van der Waals surface area contributed by atoms with Crippen LogP contribution >= 0.6 is 0 Å². The van der Waals surface area contributed by atoms with Gasteiger partial charge in [0.05, 0.1) is 4.90 Å². The van der Waals surface area contributed by atoms with Gasteiger partial charge in [-0.3, -0.25) is 4.79 Å². The topological polar surface area (TPSA) is 57.7 Å². The number of amides is 1. The van der Waals surface area contributed by atoms with Crippen molar-refractivity contribution in [1.29, 1.82) is 0 Å². The summed E-state index contributed by atoms with van der Waals surface area (Å²) in [4.78, 5) is 14.5. The maximum absolute atomic E-state index is 12.6. The summed E-state index contributed by atoms with van der Waals surface area (Å²) in [6.45, 7) is 2.43. The molecule has 0 fully saturated rings. The number of nitrogens with zero attached hydrogens (tertiary/aromatic N) is 2. The highest BCUT2D eigenvalue weighted by Gasteiger charge is 2.19. The van der Waals surface area contributed by atoms with Crippen LogP contribution in [0, 0.1) is 0 Å². The van der Waals surface area contributed by atoms with E-state index in [1.54, 1.807) is 17.0 Å². The van der Waals surface area contributed by atoms with Crippen LogP contribution in [0.4, 0.5) is 5.69 Å². The first-order valence-corrected chi connectivity index (χ1v) is 8.71. The Morgan fingerprint density at radius 2 is 1.52 bits per heavy atom. The van der Waals surface area contributed by atoms with Gasteiger partial charge in [0.25, 0.3) is 5.91 Å². The summed E-state index contributed by atoms with van der Waals surface area (Å²) < 4.78 is 25.3. The largest absolute Gasteiger partial charge is 0.309 e. The number of carbonyl (C=O) groups is 1. The average Bonchev–Trinajstić information content (AvgIpc) is 2.56. The molecule has 0 bridgehead atoms. The predicted octanol–water partition coefficient (Wildman–Crippen LogP) is 2.60.